The number of hydrogen-bond donors (Lipinski definition) is 3. The molecule has 89 heavy (non-hydrogen) atoms. The summed E-state index contributed by atoms with van der Waals surface area (Å²) in [5.41, 5.74) is 0.888. The number of phenolic OH excluding ortho intramolecular Hbond substituents is 2. The lowest BCUT2D eigenvalue weighted by atomic mass is 9.68. The zero-order chi connectivity index (χ0) is 62.4. The molecule has 9 heterocycles. The zero-order valence-electron chi connectivity index (χ0n) is 49.8. The molecule has 7 aliphatic heterocycles. The second kappa shape index (κ2) is 25.8. The molecule has 1 aliphatic carbocycles. The third-order valence-corrected chi connectivity index (χ3v) is 18.9. The molecule has 464 valence electrons. The number of methoxy groups -OCH3 is 3. The Kier molecular flexibility index (Phi) is 17.7. The average molecular weight is 1220 g/mol. The molecular weight excluding hydrogens is 1150 g/mol. The van der Waals surface area contributed by atoms with E-state index in [1.54, 1.807) is 31.4 Å². The molecule has 0 amide bonds. The molecule has 8 aliphatic rings. The fraction of sp³-hybridized carbons (Fsp3) is 0.420. The minimum atomic E-state index is -0.661. The van der Waals surface area contributed by atoms with Gasteiger partial charge in [-0.3, -0.25) is 9.80 Å². The van der Waals surface area contributed by atoms with E-state index in [-0.39, 0.29) is 85.9 Å². The molecule has 2 aromatic heterocycles. The molecule has 16 rings (SSSR count). The second-order valence-corrected chi connectivity index (χ2v) is 24.3. The summed E-state index contributed by atoms with van der Waals surface area (Å²) in [5.74, 6) is 3.94. The van der Waals surface area contributed by atoms with Crippen LogP contribution in [0.15, 0.2) is 72.8 Å². The van der Waals surface area contributed by atoms with Crippen LogP contribution in [-0.2, 0) is 4.74 Å². The van der Waals surface area contributed by atoms with Crippen molar-refractivity contribution in [1.82, 2.24) is 29.7 Å². The first-order valence-corrected chi connectivity index (χ1v) is 30.4. The number of hydrogen-bond acceptors (Lipinski definition) is 14. The van der Waals surface area contributed by atoms with Crippen LogP contribution < -0.4 is 19.3 Å². The first-order chi connectivity index (χ1) is 43.1. The summed E-state index contributed by atoms with van der Waals surface area (Å²) >= 11 is 0. The molecule has 20 heteroatoms. The summed E-state index contributed by atoms with van der Waals surface area (Å²) < 4.78 is 102. The van der Waals surface area contributed by atoms with Gasteiger partial charge >= 0.3 is 12.0 Å². The molecule has 7 saturated heterocycles. The van der Waals surface area contributed by atoms with E-state index in [4.69, 9.17) is 27.1 Å². The molecule has 8 aromatic rings. The SMILES string of the molecule is C#Cc1c(F)ccc2cc(O)cc(-c3ccc4c(N5CC6CC(C5)C6O)nc(OC)nc4c3F)c12.C#Cc1c(F)ccc2cc(O)cc(-c3ccc4c(N5CCC(COC)CC5)nc(OC)nc4c3F)c12.FC1CC2CCCN2C1.FC1CC2CCCN2C1. The van der Waals surface area contributed by atoms with Crippen LogP contribution in [0.25, 0.3) is 65.6 Å². The average Bonchev–Trinajstić information content (AvgIpc) is 2.34. The van der Waals surface area contributed by atoms with Crippen LogP contribution in [0.5, 0.6) is 23.5 Å². The molecule has 2 bridgehead atoms. The molecule has 6 aromatic carbocycles. The minimum absolute atomic E-state index is 0.00174. The highest BCUT2D eigenvalue weighted by Gasteiger charge is 2.46. The molecule has 3 N–H and O–H groups in total. The number of rotatable bonds is 8. The Balaban J connectivity index is 0.000000134. The van der Waals surface area contributed by atoms with E-state index in [1.165, 1.54) is 88.4 Å². The number of ether oxygens (including phenoxy) is 3. The number of aromatic hydroxyl groups is 2. The summed E-state index contributed by atoms with van der Waals surface area (Å²) in [6.07, 6.45) is 19.3. The molecule has 1 saturated carbocycles. The number of nitrogens with zero attached hydrogens (tertiary/aromatic N) is 8. The summed E-state index contributed by atoms with van der Waals surface area (Å²) in [6, 6.07) is 19.0. The molecular formula is C69H70F6N8O6. The van der Waals surface area contributed by atoms with Gasteiger partial charge in [0.15, 0.2) is 11.6 Å². The van der Waals surface area contributed by atoms with Crippen LogP contribution in [-0.4, -0.2) is 156 Å². The van der Waals surface area contributed by atoms with Gasteiger partial charge in [-0.05, 0) is 147 Å². The van der Waals surface area contributed by atoms with Crippen LogP contribution in [0.3, 0.4) is 0 Å². The number of benzene rings is 6. The van der Waals surface area contributed by atoms with Crippen molar-refractivity contribution in [3.63, 3.8) is 0 Å². The standard InChI is InChI=1S/C28H25F2N3O3.C27H21F2N3O3.2C7H12FN/c1-4-19-23(29)8-5-17-13-18(34)14-22(24(17)19)20-6-7-21-26(25(20)30)31-28(36-3)32-27(21)33-11-9-16(10-12-33)15-35-2;1-3-17-21(28)7-4-13-9-16(33)10-20(22(13)17)18-5-6-19-24(23(18)29)30-27(35-2)31-26(19)32-11-14-8-15(12-32)25(14)34;2*8-6-4-7-2-1-3-9(7)5-6/h1,5-8,13-14,16,34H,9-12,15H2,2-3H3;1,4-7,9-10,14-15,25,33-34H,8,11-12H2,2H3;2*6-7H,1-5H2. The normalized spacial score (nSPS) is 22.9. The summed E-state index contributed by atoms with van der Waals surface area (Å²) in [7, 11) is 4.54. The van der Waals surface area contributed by atoms with Crippen molar-refractivity contribution in [2.75, 3.05) is 90.1 Å². The van der Waals surface area contributed by atoms with Crippen molar-refractivity contribution in [2.24, 2.45) is 17.8 Å². The maximum absolute atomic E-state index is 16.2. The van der Waals surface area contributed by atoms with Gasteiger partial charge in [-0.25, -0.2) is 26.3 Å². The van der Waals surface area contributed by atoms with Crippen molar-refractivity contribution in [1.29, 1.82) is 0 Å². The van der Waals surface area contributed by atoms with E-state index in [1.807, 2.05) is 4.90 Å². The second-order valence-electron chi connectivity index (χ2n) is 24.3. The van der Waals surface area contributed by atoms with E-state index < -0.39 is 35.6 Å². The number of anilines is 2. The highest BCUT2D eigenvalue weighted by molar-refractivity contribution is 6.05. The highest BCUT2D eigenvalue weighted by atomic mass is 19.2. The highest BCUT2D eigenvalue weighted by Crippen LogP contribution is 2.46. The van der Waals surface area contributed by atoms with Crippen LogP contribution in [0, 0.1) is 65.7 Å². The third-order valence-electron chi connectivity index (χ3n) is 18.9. The molecule has 8 fully saturated rings. The predicted molar refractivity (Wildman–Crippen MR) is 332 cm³/mol. The van der Waals surface area contributed by atoms with Gasteiger partial charge in [-0.15, -0.1) is 12.8 Å². The van der Waals surface area contributed by atoms with Crippen molar-refractivity contribution in [3.05, 3.63) is 107 Å². The van der Waals surface area contributed by atoms with E-state index in [0.717, 1.165) is 58.3 Å². The maximum atomic E-state index is 16.2. The van der Waals surface area contributed by atoms with Crippen molar-refractivity contribution >= 4 is 55.0 Å². The largest absolute Gasteiger partial charge is 0.508 e. The number of fused-ring (bicyclic) bond motifs is 8. The lowest BCUT2D eigenvalue weighted by Crippen LogP contribution is -2.58. The Morgan fingerprint density at radius 3 is 1.43 bits per heavy atom. The summed E-state index contributed by atoms with van der Waals surface area (Å²) in [4.78, 5) is 26.3. The number of halogens is 6. The molecule has 14 nitrogen and oxygen atoms in total. The lowest BCUT2D eigenvalue weighted by molar-refractivity contribution is -0.0532. The number of piperidine rings is 3. The Labute approximate surface area is 512 Å². The topological polar surface area (TPSA) is 153 Å². The number of alkyl halides is 2. The number of terminal acetylenes is 2. The Morgan fingerprint density at radius 1 is 0.551 bits per heavy atom. The quantitative estimate of drug-likeness (QED) is 0.0977. The molecule has 6 unspecified atom stereocenters. The van der Waals surface area contributed by atoms with Crippen LogP contribution in [0.4, 0.5) is 38.0 Å². The van der Waals surface area contributed by atoms with E-state index in [2.05, 4.69) is 46.5 Å². The van der Waals surface area contributed by atoms with Crippen LogP contribution in [0.2, 0.25) is 0 Å². The summed E-state index contributed by atoms with van der Waals surface area (Å²) in [5, 5.41) is 33.5. The Hall–Kier alpha value is -8.14. The van der Waals surface area contributed by atoms with Gasteiger partial charge in [0.25, 0.3) is 0 Å². The van der Waals surface area contributed by atoms with Crippen molar-refractivity contribution in [2.45, 2.75) is 88.3 Å². The van der Waals surface area contributed by atoms with Gasteiger partial charge in [0.2, 0.25) is 0 Å². The summed E-state index contributed by atoms with van der Waals surface area (Å²) in [6.45, 7) is 7.13. The van der Waals surface area contributed by atoms with E-state index >= 15 is 8.78 Å². The minimum Gasteiger partial charge on any atom is -0.508 e. The molecule has 0 radical (unpaired) electrons. The Morgan fingerprint density at radius 2 is 1.01 bits per heavy atom. The van der Waals surface area contributed by atoms with Gasteiger partial charge in [-0.1, -0.05) is 36.1 Å². The molecule has 0 spiro atoms. The van der Waals surface area contributed by atoms with Crippen molar-refractivity contribution < 1.29 is 55.9 Å². The number of aromatic nitrogens is 4. The third kappa shape index (κ3) is 12.0. The van der Waals surface area contributed by atoms with E-state index in [0.29, 0.717) is 94.7 Å². The van der Waals surface area contributed by atoms with Crippen LogP contribution in [0.1, 0.15) is 68.9 Å². The zero-order valence-corrected chi connectivity index (χ0v) is 49.8. The first kappa shape index (κ1) is 61.1. The first-order valence-electron chi connectivity index (χ1n) is 30.4. The van der Waals surface area contributed by atoms with Gasteiger partial charge in [0.05, 0.1) is 31.5 Å². The monoisotopic (exact) mass is 1220 g/mol. The van der Waals surface area contributed by atoms with Gasteiger partial charge in [0, 0.05) is 110 Å². The lowest BCUT2D eigenvalue weighted by Gasteiger charge is -2.51. The van der Waals surface area contributed by atoms with Crippen molar-refractivity contribution in [3.8, 4) is 70.5 Å². The fourth-order valence-electron chi connectivity index (χ4n) is 14.5. The van der Waals surface area contributed by atoms with Gasteiger partial charge in [0.1, 0.15) is 58.1 Å². The Bertz CT molecular complexity index is 4020. The number of phenols is 2. The smallest absolute Gasteiger partial charge is 0.318 e. The maximum Gasteiger partial charge on any atom is 0.318 e. The molecule has 6 atom stereocenters. The van der Waals surface area contributed by atoms with Gasteiger partial charge in [-0.2, -0.15) is 19.9 Å². The van der Waals surface area contributed by atoms with E-state index in [9.17, 15) is 32.9 Å². The fourth-order valence-corrected chi connectivity index (χ4v) is 14.5. The number of aliphatic hydroxyl groups excluding tert-OH is 1. The van der Waals surface area contributed by atoms with Crippen LogP contribution >= 0.6 is 0 Å². The predicted octanol–water partition coefficient (Wildman–Crippen LogP) is 11.9. The van der Waals surface area contributed by atoms with Gasteiger partial charge < -0.3 is 39.3 Å². The number of aliphatic hydroxyl groups is 1.